The predicted molar refractivity (Wildman–Crippen MR) is 96.4 cm³/mol. The van der Waals surface area contributed by atoms with Gasteiger partial charge in [0.1, 0.15) is 17.8 Å². The van der Waals surface area contributed by atoms with Crippen LogP contribution in [0.15, 0.2) is 35.4 Å². The van der Waals surface area contributed by atoms with E-state index in [-0.39, 0.29) is 23.7 Å². The second-order valence-electron chi connectivity index (χ2n) is 6.42. The Morgan fingerprint density at radius 2 is 2.15 bits per heavy atom. The number of anilines is 2. The predicted octanol–water partition coefficient (Wildman–Crippen LogP) is 2.17. The average Bonchev–Trinajstić information content (AvgIpc) is 3.33. The SMILES string of the molecule is Cc1c[nH]c(=O)cc1-c1cc2cc(NC(=O)C3CC3F)ncc2c(N)n1. The largest absolute Gasteiger partial charge is 0.383 e. The number of alkyl halides is 1. The zero-order valence-electron chi connectivity index (χ0n) is 13.9. The molecule has 1 aliphatic carbocycles. The van der Waals surface area contributed by atoms with Crippen molar-refractivity contribution in [3.63, 3.8) is 0 Å². The maximum Gasteiger partial charge on any atom is 0.248 e. The molecule has 3 heterocycles. The van der Waals surface area contributed by atoms with Crippen molar-refractivity contribution >= 4 is 28.3 Å². The van der Waals surface area contributed by atoms with Crippen molar-refractivity contribution in [1.82, 2.24) is 15.0 Å². The number of nitrogens with two attached hydrogens (primary N) is 1. The first-order chi connectivity index (χ1) is 12.4. The van der Waals surface area contributed by atoms with E-state index >= 15 is 0 Å². The van der Waals surface area contributed by atoms with Crippen LogP contribution < -0.4 is 16.6 Å². The number of carbonyl (C=O) groups is 1. The molecule has 0 aliphatic heterocycles. The fourth-order valence-electron chi connectivity index (χ4n) is 2.85. The standard InChI is InChI=1S/C18H16FN5O2/c1-8-6-22-16(25)5-10(8)14-2-9-3-15(21-7-12(9)17(20)23-14)24-18(26)11-4-13(11)19/h2-3,5-7,11,13H,4H2,1H3,(H2,20,23)(H,22,25)(H,21,24,26). The molecule has 0 radical (unpaired) electrons. The summed E-state index contributed by atoms with van der Waals surface area (Å²) in [6.45, 7) is 1.86. The van der Waals surface area contributed by atoms with E-state index in [2.05, 4.69) is 20.3 Å². The molecule has 3 aromatic rings. The second-order valence-corrected chi connectivity index (χ2v) is 6.42. The number of carbonyl (C=O) groups excluding carboxylic acids is 1. The molecule has 1 saturated carbocycles. The lowest BCUT2D eigenvalue weighted by Crippen LogP contribution is -2.15. The Morgan fingerprint density at radius 1 is 1.38 bits per heavy atom. The first kappa shape index (κ1) is 16.2. The molecular weight excluding hydrogens is 337 g/mol. The van der Waals surface area contributed by atoms with Crippen molar-refractivity contribution in [2.75, 3.05) is 11.1 Å². The first-order valence-electron chi connectivity index (χ1n) is 8.13. The number of nitrogen functional groups attached to an aromatic ring is 1. The summed E-state index contributed by atoms with van der Waals surface area (Å²) in [6.07, 6.45) is 2.31. The molecule has 3 aromatic heterocycles. The topological polar surface area (TPSA) is 114 Å². The number of aryl methyl sites for hydroxylation is 1. The van der Waals surface area contributed by atoms with Gasteiger partial charge >= 0.3 is 0 Å². The van der Waals surface area contributed by atoms with E-state index in [1.165, 1.54) is 12.3 Å². The number of nitrogens with zero attached hydrogens (tertiary/aromatic N) is 2. The van der Waals surface area contributed by atoms with Crippen molar-refractivity contribution in [3.05, 3.63) is 46.5 Å². The molecule has 132 valence electrons. The monoisotopic (exact) mass is 353 g/mol. The highest BCUT2D eigenvalue weighted by atomic mass is 19.1. The minimum absolute atomic E-state index is 0.237. The van der Waals surface area contributed by atoms with Gasteiger partial charge in [0.05, 0.1) is 11.6 Å². The van der Waals surface area contributed by atoms with Gasteiger partial charge < -0.3 is 16.0 Å². The van der Waals surface area contributed by atoms with Crippen molar-refractivity contribution in [1.29, 1.82) is 0 Å². The smallest absolute Gasteiger partial charge is 0.248 e. The molecule has 1 aliphatic rings. The molecular formula is C18H16FN5O2. The van der Waals surface area contributed by atoms with Gasteiger partial charge in [-0.3, -0.25) is 9.59 Å². The summed E-state index contributed by atoms with van der Waals surface area (Å²) in [5.74, 6) is -0.379. The van der Waals surface area contributed by atoms with Gasteiger partial charge in [-0.05, 0) is 36.4 Å². The summed E-state index contributed by atoms with van der Waals surface area (Å²) in [4.78, 5) is 34.6. The number of aromatic nitrogens is 3. The third-order valence-electron chi connectivity index (χ3n) is 4.45. The third kappa shape index (κ3) is 2.90. The Kier molecular flexibility index (Phi) is 3.68. The fourth-order valence-corrected chi connectivity index (χ4v) is 2.85. The Balaban J connectivity index is 1.76. The molecule has 7 nitrogen and oxygen atoms in total. The molecule has 1 fully saturated rings. The number of pyridine rings is 3. The molecule has 0 aromatic carbocycles. The van der Waals surface area contributed by atoms with Gasteiger partial charge in [-0.15, -0.1) is 0 Å². The van der Waals surface area contributed by atoms with E-state index in [9.17, 15) is 14.0 Å². The van der Waals surface area contributed by atoms with E-state index in [0.717, 1.165) is 5.56 Å². The van der Waals surface area contributed by atoms with Crippen LogP contribution in [0.2, 0.25) is 0 Å². The van der Waals surface area contributed by atoms with E-state index in [1.54, 1.807) is 18.3 Å². The van der Waals surface area contributed by atoms with Gasteiger partial charge in [0, 0.05) is 29.4 Å². The molecule has 26 heavy (non-hydrogen) atoms. The number of hydrogen-bond donors (Lipinski definition) is 3. The number of fused-ring (bicyclic) bond motifs is 1. The number of rotatable bonds is 3. The first-order valence-corrected chi connectivity index (χ1v) is 8.13. The summed E-state index contributed by atoms with van der Waals surface area (Å²) in [7, 11) is 0. The van der Waals surface area contributed by atoms with Crippen LogP contribution >= 0.6 is 0 Å². The summed E-state index contributed by atoms with van der Waals surface area (Å²) in [5, 5.41) is 3.96. The number of nitrogens with one attached hydrogen (secondary N) is 2. The van der Waals surface area contributed by atoms with Gasteiger partial charge in [0.2, 0.25) is 11.5 Å². The molecule has 0 saturated heterocycles. The van der Waals surface area contributed by atoms with Crippen LogP contribution in [0.1, 0.15) is 12.0 Å². The van der Waals surface area contributed by atoms with Gasteiger partial charge in [-0.25, -0.2) is 14.4 Å². The normalized spacial score (nSPS) is 18.7. The molecule has 0 spiro atoms. The van der Waals surface area contributed by atoms with Crippen molar-refractivity contribution in [3.8, 4) is 11.3 Å². The molecule has 4 N–H and O–H groups in total. The van der Waals surface area contributed by atoms with Crippen LogP contribution in [0.5, 0.6) is 0 Å². The van der Waals surface area contributed by atoms with E-state index in [0.29, 0.717) is 27.8 Å². The lowest BCUT2D eigenvalue weighted by molar-refractivity contribution is -0.117. The minimum atomic E-state index is -1.07. The van der Waals surface area contributed by atoms with Gasteiger partial charge in [0.25, 0.3) is 0 Å². The average molecular weight is 353 g/mol. The lowest BCUT2D eigenvalue weighted by Gasteiger charge is -2.10. The van der Waals surface area contributed by atoms with Crippen LogP contribution in [0.25, 0.3) is 22.0 Å². The molecule has 4 rings (SSSR count). The summed E-state index contributed by atoms with van der Waals surface area (Å²) < 4.78 is 13.0. The second kappa shape index (κ2) is 5.91. The number of halogens is 1. The Hall–Kier alpha value is -3.29. The number of aromatic amines is 1. The molecule has 8 heteroatoms. The van der Waals surface area contributed by atoms with Crippen LogP contribution in [0, 0.1) is 12.8 Å². The molecule has 2 atom stereocenters. The molecule has 2 unspecified atom stereocenters. The molecule has 1 amide bonds. The Morgan fingerprint density at radius 3 is 2.88 bits per heavy atom. The number of H-pyrrole nitrogens is 1. The lowest BCUT2D eigenvalue weighted by atomic mass is 10.1. The van der Waals surface area contributed by atoms with Crippen molar-refractivity contribution in [2.24, 2.45) is 5.92 Å². The third-order valence-corrected chi connectivity index (χ3v) is 4.45. The van der Waals surface area contributed by atoms with Crippen molar-refractivity contribution in [2.45, 2.75) is 19.5 Å². The van der Waals surface area contributed by atoms with Crippen LogP contribution in [-0.2, 0) is 4.79 Å². The minimum Gasteiger partial charge on any atom is -0.383 e. The molecule has 0 bridgehead atoms. The van der Waals surface area contributed by atoms with Crippen LogP contribution in [0.3, 0.4) is 0 Å². The van der Waals surface area contributed by atoms with E-state index < -0.39 is 12.1 Å². The highest BCUT2D eigenvalue weighted by Crippen LogP contribution is 2.35. The van der Waals surface area contributed by atoms with Crippen LogP contribution in [-0.4, -0.2) is 27.0 Å². The highest BCUT2D eigenvalue weighted by molar-refractivity contribution is 5.98. The van der Waals surface area contributed by atoms with E-state index in [1.807, 2.05) is 6.92 Å². The maximum absolute atomic E-state index is 13.0. The zero-order valence-corrected chi connectivity index (χ0v) is 13.9. The highest BCUT2D eigenvalue weighted by Gasteiger charge is 2.43. The quantitative estimate of drug-likeness (QED) is 0.668. The van der Waals surface area contributed by atoms with Gasteiger partial charge in [-0.2, -0.15) is 0 Å². The fraction of sp³-hybridized carbons (Fsp3) is 0.222. The summed E-state index contributed by atoms with van der Waals surface area (Å²) in [6, 6.07) is 4.90. The Labute approximate surface area is 147 Å². The summed E-state index contributed by atoms with van der Waals surface area (Å²) in [5.41, 5.74) is 7.87. The van der Waals surface area contributed by atoms with E-state index in [4.69, 9.17) is 5.73 Å². The van der Waals surface area contributed by atoms with Gasteiger partial charge in [0.15, 0.2) is 0 Å². The van der Waals surface area contributed by atoms with Crippen LogP contribution in [0.4, 0.5) is 16.0 Å². The van der Waals surface area contributed by atoms with Gasteiger partial charge in [-0.1, -0.05) is 0 Å². The number of amides is 1. The zero-order chi connectivity index (χ0) is 18.4. The summed E-state index contributed by atoms with van der Waals surface area (Å²) >= 11 is 0. The van der Waals surface area contributed by atoms with Crippen molar-refractivity contribution < 1.29 is 9.18 Å². The Bertz CT molecular complexity index is 1090. The number of hydrogen-bond acceptors (Lipinski definition) is 5. The maximum atomic E-state index is 13.0.